The number of hydrogen-bond donors (Lipinski definition) is 1. The number of carbonyl (C=O) groups excluding carboxylic acids is 2. The number of halogens is 1. The van der Waals surface area contributed by atoms with Crippen LogP contribution in [0.15, 0.2) is 67.1 Å². The molecule has 7 nitrogen and oxygen atoms in total. The van der Waals surface area contributed by atoms with Crippen molar-refractivity contribution < 1.29 is 14.3 Å². The molecule has 4 rings (SSSR count). The van der Waals surface area contributed by atoms with Crippen LogP contribution in [0.2, 0.25) is 5.02 Å². The van der Waals surface area contributed by atoms with Crippen LogP contribution in [0.4, 0.5) is 0 Å². The van der Waals surface area contributed by atoms with Crippen molar-refractivity contribution in [2.45, 2.75) is 19.0 Å². The van der Waals surface area contributed by atoms with E-state index < -0.39 is 0 Å². The first-order valence-corrected chi connectivity index (χ1v) is 10.3. The topological polar surface area (TPSA) is 84.4 Å². The third kappa shape index (κ3) is 5.19. The number of ether oxygens (including phenoxy) is 1. The molecule has 158 valence electrons. The van der Waals surface area contributed by atoms with Gasteiger partial charge in [-0.2, -0.15) is 0 Å². The van der Waals surface area contributed by atoms with E-state index >= 15 is 0 Å². The molecule has 2 aromatic carbocycles. The fourth-order valence-electron chi connectivity index (χ4n) is 3.40. The number of hydrogen-bond acceptors (Lipinski definition) is 5. The Balaban J connectivity index is 1.49. The Hall–Kier alpha value is -3.45. The molecule has 0 bridgehead atoms. The number of amides is 2. The predicted octanol–water partition coefficient (Wildman–Crippen LogP) is 2.89. The maximum absolute atomic E-state index is 13.3. The van der Waals surface area contributed by atoms with E-state index in [1.54, 1.807) is 17.0 Å². The van der Waals surface area contributed by atoms with Crippen molar-refractivity contribution in [1.82, 2.24) is 20.2 Å². The van der Waals surface area contributed by atoms with Crippen LogP contribution in [-0.4, -0.2) is 45.9 Å². The second kappa shape index (κ2) is 9.57. The molecule has 2 heterocycles. The van der Waals surface area contributed by atoms with Crippen molar-refractivity contribution in [2.24, 2.45) is 0 Å². The van der Waals surface area contributed by atoms with Gasteiger partial charge >= 0.3 is 0 Å². The molecule has 0 spiro atoms. The summed E-state index contributed by atoms with van der Waals surface area (Å²) in [7, 11) is 0. The molecule has 1 aromatic heterocycles. The summed E-state index contributed by atoms with van der Waals surface area (Å²) in [6.45, 7) is 0.852. The molecule has 0 aliphatic carbocycles. The van der Waals surface area contributed by atoms with Crippen molar-refractivity contribution in [1.29, 1.82) is 0 Å². The Bertz CT molecular complexity index is 1060. The molecule has 3 aromatic rings. The highest BCUT2D eigenvalue weighted by Crippen LogP contribution is 2.23. The zero-order chi connectivity index (χ0) is 21.6. The minimum Gasteiger partial charge on any atom is -0.475 e. The average Bonchev–Trinajstić information content (AvgIpc) is 2.92. The van der Waals surface area contributed by atoms with Crippen molar-refractivity contribution in [3.63, 3.8) is 0 Å². The molecule has 0 saturated heterocycles. The molecular weight excluding hydrogens is 416 g/mol. The highest BCUT2D eigenvalue weighted by Gasteiger charge is 2.32. The highest BCUT2D eigenvalue weighted by molar-refractivity contribution is 6.30. The smallest absolute Gasteiger partial charge is 0.261 e. The lowest BCUT2D eigenvalue weighted by atomic mass is 10.1. The summed E-state index contributed by atoms with van der Waals surface area (Å²) in [5.74, 6) is -0.113. The van der Waals surface area contributed by atoms with Crippen LogP contribution in [0.3, 0.4) is 0 Å². The summed E-state index contributed by atoms with van der Waals surface area (Å²) < 4.78 is 5.78. The molecule has 0 radical (unpaired) electrons. The van der Waals surface area contributed by atoms with Gasteiger partial charge in [-0.25, -0.2) is 9.97 Å². The lowest BCUT2D eigenvalue weighted by Crippen LogP contribution is -2.48. The van der Waals surface area contributed by atoms with E-state index in [9.17, 15) is 9.59 Å². The first kappa shape index (κ1) is 20.8. The molecule has 8 heteroatoms. The number of rotatable bonds is 6. The van der Waals surface area contributed by atoms with Crippen LogP contribution in [0.25, 0.3) is 0 Å². The first-order chi connectivity index (χ1) is 15.1. The highest BCUT2D eigenvalue weighted by atomic mass is 35.5. The molecule has 1 aliphatic heterocycles. The number of benzene rings is 2. The monoisotopic (exact) mass is 436 g/mol. The van der Waals surface area contributed by atoms with Crippen LogP contribution in [0.5, 0.6) is 5.88 Å². The number of nitrogens with zero attached hydrogens (tertiary/aromatic N) is 3. The average molecular weight is 437 g/mol. The third-order valence-corrected chi connectivity index (χ3v) is 5.28. The second-order valence-electron chi connectivity index (χ2n) is 7.23. The van der Waals surface area contributed by atoms with Gasteiger partial charge in [0.05, 0.1) is 12.5 Å². The lowest BCUT2D eigenvalue weighted by Gasteiger charge is -2.29. The lowest BCUT2D eigenvalue weighted by molar-refractivity contribution is -0.120. The Kier molecular flexibility index (Phi) is 6.43. The number of nitrogens with one attached hydrogen (secondary N) is 1. The third-order valence-electron chi connectivity index (χ3n) is 5.03. The fourth-order valence-corrected chi connectivity index (χ4v) is 3.52. The second-order valence-corrected chi connectivity index (χ2v) is 7.67. The maximum atomic E-state index is 13.3. The minimum absolute atomic E-state index is 0.143. The van der Waals surface area contributed by atoms with E-state index in [-0.39, 0.29) is 43.3 Å². The van der Waals surface area contributed by atoms with Crippen LogP contribution in [0, 0.1) is 0 Å². The maximum Gasteiger partial charge on any atom is 0.261 e. The zero-order valence-corrected chi connectivity index (χ0v) is 17.5. The fraction of sp³-hybridized carbons (Fsp3) is 0.217. The van der Waals surface area contributed by atoms with E-state index in [1.807, 2.05) is 42.5 Å². The molecule has 0 saturated carbocycles. The molecule has 31 heavy (non-hydrogen) atoms. The van der Waals surface area contributed by atoms with Gasteiger partial charge in [0.25, 0.3) is 5.91 Å². The van der Waals surface area contributed by atoms with Gasteiger partial charge in [0.15, 0.2) is 0 Å². The summed E-state index contributed by atoms with van der Waals surface area (Å²) in [4.78, 5) is 35.5. The number of carbonyl (C=O) groups is 2. The summed E-state index contributed by atoms with van der Waals surface area (Å²) in [5.41, 5.74) is 2.15. The van der Waals surface area contributed by atoms with Crippen molar-refractivity contribution in [3.05, 3.63) is 88.8 Å². The summed E-state index contributed by atoms with van der Waals surface area (Å²) >= 11 is 5.90. The van der Waals surface area contributed by atoms with Crippen LogP contribution >= 0.6 is 11.6 Å². The normalized spacial score (nSPS) is 15.6. The van der Waals surface area contributed by atoms with Gasteiger partial charge in [0.1, 0.15) is 18.5 Å². The van der Waals surface area contributed by atoms with Gasteiger partial charge in [-0.3, -0.25) is 9.59 Å². The molecule has 1 unspecified atom stereocenters. The van der Waals surface area contributed by atoms with Crippen molar-refractivity contribution >= 4 is 23.4 Å². The van der Waals surface area contributed by atoms with Crippen LogP contribution in [-0.2, 0) is 17.8 Å². The Labute approximate surface area is 185 Å². The van der Waals surface area contributed by atoms with Gasteiger partial charge in [0.2, 0.25) is 11.8 Å². The van der Waals surface area contributed by atoms with Gasteiger partial charge in [-0.1, -0.05) is 54.1 Å². The van der Waals surface area contributed by atoms with Gasteiger partial charge in [0, 0.05) is 24.3 Å². The molecule has 0 fully saturated rings. The van der Waals surface area contributed by atoms with E-state index in [0.29, 0.717) is 17.1 Å². The molecule has 1 N–H and O–H groups in total. The quantitative estimate of drug-likeness (QED) is 0.642. The van der Waals surface area contributed by atoms with Gasteiger partial charge in [-0.05, 0) is 23.3 Å². The summed E-state index contributed by atoms with van der Waals surface area (Å²) in [6, 6.07) is 16.5. The summed E-state index contributed by atoms with van der Waals surface area (Å²) in [6.07, 6.45) is 3.04. The van der Waals surface area contributed by atoms with Crippen LogP contribution in [0.1, 0.15) is 21.5 Å². The van der Waals surface area contributed by atoms with E-state index in [1.165, 1.54) is 12.5 Å². The van der Waals surface area contributed by atoms with Crippen LogP contribution < -0.4 is 10.1 Å². The first-order valence-electron chi connectivity index (χ1n) is 9.89. The molecule has 2 amide bonds. The Morgan fingerprint density at radius 2 is 1.90 bits per heavy atom. The van der Waals surface area contributed by atoms with Gasteiger partial charge < -0.3 is 15.0 Å². The standard InChI is InChI=1S/C23H21ClN4O3/c24-18-8-6-16(7-9-18)10-21(29)26-11-19-14-31-22-20(12-25-15-27-22)23(30)28(19)13-17-4-2-1-3-5-17/h1-9,12,15,19H,10-11,13-14H2,(H,26,29). The molecular formula is C23H21ClN4O3. The van der Waals surface area contributed by atoms with Crippen molar-refractivity contribution in [3.8, 4) is 5.88 Å². The largest absolute Gasteiger partial charge is 0.475 e. The van der Waals surface area contributed by atoms with E-state index in [0.717, 1.165) is 11.1 Å². The Morgan fingerprint density at radius 3 is 2.68 bits per heavy atom. The van der Waals surface area contributed by atoms with Crippen molar-refractivity contribution in [2.75, 3.05) is 13.2 Å². The van der Waals surface area contributed by atoms with Gasteiger partial charge in [-0.15, -0.1) is 0 Å². The minimum atomic E-state index is -0.365. The van der Waals surface area contributed by atoms with E-state index in [2.05, 4.69) is 15.3 Å². The number of fused-ring (bicyclic) bond motifs is 1. The van der Waals surface area contributed by atoms with E-state index in [4.69, 9.17) is 16.3 Å². The SMILES string of the molecule is O=C(Cc1ccc(Cl)cc1)NCC1COc2ncncc2C(=O)N1Cc1ccccc1. The zero-order valence-electron chi connectivity index (χ0n) is 16.7. The molecule has 1 aliphatic rings. The predicted molar refractivity (Wildman–Crippen MR) is 116 cm³/mol. The number of aromatic nitrogens is 2. The molecule has 1 atom stereocenters. The Morgan fingerprint density at radius 1 is 1.13 bits per heavy atom. The summed E-state index contributed by atoms with van der Waals surface area (Å²) in [5, 5.41) is 3.55.